The van der Waals surface area contributed by atoms with Crippen LogP contribution in [0.1, 0.15) is 53.5 Å². The summed E-state index contributed by atoms with van der Waals surface area (Å²) in [6.07, 6.45) is 7.82. The second-order valence-corrected chi connectivity index (χ2v) is 13.3. The van der Waals surface area contributed by atoms with Gasteiger partial charge in [-0.25, -0.2) is 0 Å². The first kappa shape index (κ1) is 32.1. The zero-order valence-corrected chi connectivity index (χ0v) is 28.1. The number of allylic oxidation sites excluding steroid dienone is 6. The number of fused-ring (bicyclic) bond motifs is 3. The van der Waals surface area contributed by atoms with Gasteiger partial charge in [0, 0.05) is 28.2 Å². The van der Waals surface area contributed by atoms with Gasteiger partial charge in [-0.1, -0.05) is 48.1 Å². The number of Topliss-reactive ketones (excluding diaryl/α,β-unsaturated/α-hetero) is 1. The highest BCUT2D eigenvalue weighted by atomic mass is 16.5. The van der Waals surface area contributed by atoms with Crippen LogP contribution >= 0.6 is 0 Å². The van der Waals surface area contributed by atoms with Gasteiger partial charge in [-0.05, 0) is 98.2 Å². The summed E-state index contributed by atoms with van der Waals surface area (Å²) in [5.74, 6) is -1.60. The molecule has 7 rings (SSSR count). The van der Waals surface area contributed by atoms with Gasteiger partial charge in [-0.15, -0.1) is 0 Å². The number of amides is 2. The predicted octanol–water partition coefficient (Wildman–Crippen LogP) is 6.83. The Hall–Kier alpha value is -5.50. The lowest BCUT2D eigenvalue weighted by molar-refractivity contribution is -0.123. The van der Waals surface area contributed by atoms with Crippen molar-refractivity contribution < 1.29 is 33.8 Å². The molecule has 0 spiro atoms. The minimum atomic E-state index is -0.669. The van der Waals surface area contributed by atoms with E-state index in [9.17, 15) is 24.3 Å². The van der Waals surface area contributed by atoms with Crippen LogP contribution in [0.4, 0.5) is 5.69 Å². The molecule has 4 aliphatic rings. The topological polar surface area (TPSA) is 110 Å². The summed E-state index contributed by atoms with van der Waals surface area (Å²) in [5.41, 5.74) is 6.41. The number of hydrogen-bond acceptors (Lipinski definition) is 7. The average Bonchev–Trinajstić information content (AvgIpc) is 3.36. The maximum absolute atomic E-state index is 14.3. The first-order valence-corrected chi connectivity index (χ1v) is 16.4. The summed E-state index contributed by atoms with van der Waals surface area (Å²) in [5, 5.41) is 10.5. The number of carbonyl (C=O) groups is 4. The van der Waals surface area contributed by atoms with Crippen LogP contribution in [0.5, 0.6) is 17.2 Å². The van der Waals surface area contributed by atoms with Crippen LogP contribution in [0.2, 0.25) is 0 Å². The third kappa shape index (κ3) is 5.23. The van der Waals surface area contributed by atoms with Crippen LogP contribution in [0.3, 0.4) is 0 Å². The number of imide groups is 1. The van der Waals surface area contributed by atoms with Crippen LogP contribution in [0.25, 0.3) is 12.2 Å². The minimum Gasteiger partial charge on any atom is -0.507 e. The molecule has 8 heteroatoms. The fourth-order valence-electron chi connectivity index (χ4n) is 8.06. The van der Waals surface area contributed by atoms with E-state index in [1.165, 1.54) is 11.0 Å². The lowest BCUT2D eigenvalue weighted by Crippen LogP contribution is -2.39. The Kier molecular flexibility index (Phi) is 7.98. The van der Waals surface area contributed by atoms with Crippen LogP contribution in [-0.2, 0) is 19.2 Å². The van der Waals surface area contributed by atoms with Crippen molar-refractivity contribution in [3.05, 3.63) is 117 Å². The van der Waals surface area contributed by atoms with Gasteiger partial charge in [0.1, 0.15) is 17.2 Å². The van der Waals surface area contributed by atoms with Gasteiger partial charge in [0.25, 0.3) is 0 Å². The normalized spacial score (nSPS) is 23.3. The van der Waals surface area contributed by atoms with E-state index in [1.807, 2.05) is 60.7 Å². The Bertz CT molecular complexity index is 2060. The number of anilines is 1. The predicted molar refractivity (Wildman–Crippen MR) is 186 cm³/mol. The molecule has 248 valence electrons. The van der Waals surface area contributed by atoms with Crippen molar-refractivity contribution in [2.24, 2.45) is 17.8 Å². The Morgan fingerprint density at radius 1 is 0.837 bits per heavy atom. The van der Waals surface area contributed by atoms with E-state index in [2.05, 4.69) is 0 Å². The van der Waals surface area contributed by atoms with Gasteiger partial charge >= 0.3 is 0 Å². The fraction of sp³-hybridized carbons (Fsp3) is 0.268. The monoisotopic (exact) mass is 655 g/mol. The summed E-state index contributed by atoms with van der Waals surface area (Å²) in [6.45, 7) is 5.25. The number of methoxy groups -OCH3 is 2. The van der Waals surface area contributed by atoms with Crippen molar-refractivity contribution in [2.45, 2.75) is 39.5 Å². The number of benzene rings is 3. The molecule has 0 bridgehead atoms. The van der Waals surface area contributed by atoms with E-state index in [1.54, 1.807) is 47.1 Å². The van der Waals surface area contributed by atoms with Crippen molar-refractivity contribution in [1.82, 2.24) is 0 Å². The third-order valence-corrected chi connectivity index (χ3v) is 10.5. The number of aromatic hydroxyl groups is 1. The molecule has 8 nitrogen and oxygen atoms in total. The molecule has 1 fully saturated rings. The average molecular weight is 656 g/mol. The van der Waals surface area contributed by atoms with E-state index in [0.29, 0.717) is 51.5 Å². The molecule has 4 atom stereocenters. The van der Waals surface area contributed by atoms with Gasteiger partial charge in [0.2, 0.25) is 11.8 Å². The quantitative estimate of drug-likeness (QED) is 0.134. The summed E-state index contributed by atoms with van der Waals surface area (Å²) >= 11 is 0. The first-order chi connectivity index (χ1) is 23.5. The number of ether oxygens (including phenoxy) is 2. The van der Waals surface area contributed by atoms with E-state index >= 15 is 0 Å². The van der Waals surface area contributed by atoms with Gasteiger partial charge < -0.3 is 14.6 Å². The Morgan fingerprint density at radius 2 is 1.55 bits per heavy atom. The van der Waals surface area contributed by atoms with E-state index in [0.717, 1.165) is 22.3 Å². The van der Waals surface area contributed by atoms with E-state index in [-0.39, 0.29) is 35.6 Å². The molecule has 3 aliphatic carbocycles. The van der Waals surface area contributed by atoms with E-state index < -0.39 is 23.7 Å². The molecule has 4 unspecified atom stereocenters. The molecule has 3 aromatic rings. The molecule has 1 saturated heterocycles. The maximum Gasteiger partial charge on any atom is 0.238 e. The molecule has 1 heterocycles. The van der Waals surface area contributed by atoms with E-state index in [4.69, 9.17) is 9.47 Å². The Balaban J connectivity index is 1.22. The molecule has 0 saturated carbocycles. The molecule has 1 aliphatic heterocycles. The molecule has 0 radical (unpaired) electrons. The van der Waals surface area contributed by atoms with Crippen molar-refractivity contribution in [2.75, 3.05) is 19.1 Å². The van der Waals surface area contributed by atoms with Crippen molar-refractivity contribution in [3.8, 4) is 17.2 Å². The number of rotatable bonds is 6. The largest absolute Gasteiger partial charge is 0.507 e. The Morgan fingerprint density at radius 3 is 2.22 bits per heavy atom. The summed E-state index contributed by atoms with van der Waals surface area (Å²) in [6, 6.07) is 16.5. The second-order valence-electron chi connectivity index (χ2n) is 13.3. The van der Waals surface area contributed by atoms with Gasteiger partial charge in [-0.2, -0.15) is 0 Å². The minimum absolute atomic E-state index is 0.179. The first-order valence-electron chi connectivity index (χ1n) is 16.4. The van der Waals surface area contributed by atoms with Gasteiger partial charge in [-0.3, -0.25) is 24.1 Å². The van der Waals surface area contributed by atoms with Crippen LogP contribution in [0, 0.1) is 31.6 Å². The summed E-state index contributed by atoms with van der Waals surface area (Å²) in [7, 11) is 3.21. The van der Waals surface area contributed by atoms with Crippen molar-refractivity contribution >= 4 is 41.2 Å². The molecular weight excluding hydrogens is 618 g/mol. The second kappa shape index (κ2) is 12.2. The number of hydrogen-bond donors (Lipinski definition) is 1. The molecule has 1 N–H and O–H groups in total. The van der Waals surface area contributed by atoms with Crippen LogP contribution < -0.4 is 14.4 Å². The SMILES string of the molecule is COc1ccc(OC)c(C=Cc2ccc(N3C(=O)C4CC=C5C(c6cc(C)c(O)c(C)c6)C6=C(CC5C4C3=O)C(=O)C(C)=CC6=O)cc2)c1. The number of aryl methyl sites for hydroxylation is 2. The third-order valence-electron chi connectivity index (χ3n) is 10.5. The van der Waals surface area contributed by atoms with Crippen LogP contribution in [0.15, 0.2) is 89.0 Å². The number of phenols is 1. The standard InChI is InChI=1S/C41H37NO7/c1-21-16-26(17-22(2)38(21)44)35-29-13-14-30-36(31(29)20-32-37(35)33(43)18-23(3)39(32)45)41(47)42(40(30)46)27-10-7-24(8-11-27)6-9-25-19-28(48-4)12-15-34(25)49-5/h6-13,15-19,30-31,35-36,44H,14,20H2,1-5H3. The number of phenolic OH excluding ortho intramolecular Hbond substituents is 1. The lowest BCUT2D eigenvalue weighted by Gasteiger charge is -2.42. The molecule has 3 aromatic carbocycles. The molecule has 0 aromatic heterocycles. The zero-order chi connectivity index (χ0) is 34.7. The highest BCUT2D eigenvalue weighted by molar-refractivity contribution is 6.25. The molecule has 49 heavy (non-hydrogen) atoms. The number of nitrogens with zero attached hydrogens (tertiary/aromatic N) is 1. The van der Waals surface area contributed by atoms with Crippen molar-refractivity contribution in [1.29, 1.82) is 0 Å². The summed E-state index contributed by atoms with van der Waals surface area (Å²) < 4.78 is 10.8. The zero-order valence-electron chi connectivity index (χ0n) is 28.1. The smallest absolute Gasteiger partial charge is 0.238 e. The lowest BCUT2D eigenvalue weighted by atomic mass is 9.59. The molecule has 2 amide bonds. The summed E-state index contributed by atoms with van der Waals surface area (Å²) in [4.78, 5) is 56.7. The molecular formula is C41H37NO7. The maximum atomic E-state index is 14.3. The van der Waals surface area contributed by atoms with Gasteiger partial charge in [0.15, 0.2) is 11.6 Å². The van der Waals surface area contributed by atoms with Gasteiger partial charge in [0.05, 0.1) is 31.7 Å². The number of ketones is 2. The number of carbonyl (C=O) groups excluding carboxylic acids is 4. The van der Waals surface area contributed by atoms with Crippen LogP contribution in [-0.4, -0.2) is 42.7 Å². The van der Waals surface area contributed by atoms with Crippen molar-refractivity contribution in [3.63, 3.8) is 0 Å². The highest BCUT2D eigenvalue weighted by Crippen LogP contribution is 2.55. The highest BCUT2D eigenvalue weighted by Gasteiger charge is 2.56. The fourth-order valence-corrected chi connectivity index (χ4v) is 8.06. The Labute approximate surface area is 285 Å².